The third-order valence-electron chi connectivity index (χ3n) is 3.48. The molecule has 0 radical (unpaired) electrons. The monoisotopic (exact) mass is 328 g/mol. The molecule has 0 atom stereocenters. The Morgan fingerprint density at radius 3 is 2.50 bits per heavy atom. The lowest BCUT2D eigenvalue weighted by Crippen LogP contribution is -2.12. The summed E-state index contributed by atoms with van der Waals surface area (Å²) < 4.78 is 10.8. The van der Waals surface area contributed by atoms with Gasteiger partial charge in [-0.3, -0.25) is 4.79 Å². The Hall–Kier alpha value is -2.21. The van der Waals surface area contributed by atoms with Crippen LogP contribution in [0.2, 0.25) is 0 Å². The third-order valence-corrected chi connectivity index (χ3v) is 3.48. The molecular formula is C19H24N2O3. The minimum absolute atomic E-state index is 0.145. The molecule has 1 amide bonds. The van der Waals surface area contributed by atoms with Crippen LogP contribution >= 0.6 is 0 Å². The van der Waals surface area contributed by atoms with Crippen molar-refractivity contribution in [1.82, 2.24) is 0 Å². The van der Waals surface area contributed by atoms with E-state index in [2.05, 4.69) is 5.32 Å². The van der Waals surface area contributed by atoms with Crippen LogP contribution in [0.5, 0.6) is 0 Å². The molecule has 0 unspecified atom stereocenters. The van der Waals surface area contributed by atoms with Gasteiger partial charge in [0.25, 0.3) is 5.91 Å². The Kier molecular flexibility index (Phi) is 7.42. The van der Waals surface area contributed by atoms with Gasteiger partial charge in [0.1, 0.15) is 0 Å². The van der Waals surface area contributed by atoms with Gasteiger partial charge in [-0.25, -0.2) is 0 Å². The van der Waals surface area contributed by atoms with Gasteiger partial charge in [-0.05, 0) is 42.3 Å². The lowest BCUT2D eigenvalue weighted by atomic mass is 10.1. The van der Waals surface area contributed by atoms with E-state index in [9.17, 15) is 4.79 Å². The summed E-state index contributed by atoms with van der Waals surface area (Å²) >= 11 is 0. The molecule has 0 aliphatic heterocycles. The van der Waals surface area contributed by atoms with Gasteiger partial charge in [0.15, 0.2) is 0 Å². The molecule has 2 aromatic carbocycles. The Balaban J connectivity index is 1.89. The first-order valence-corrected chi connectivity index (χ1v) is 8.07. The van der Waals surface area contributed by atoms with Crippen LogP contribution < -0.4 is 11.1 Å². The molecule has 0 aromatic heterocycles. The predicted molar refractivity (Wildman–Crippen MR) is 94.9 cm³/mol. The molecule has 128 valence electrons. The van der Waals surface area contributed by atoms with Gasteiger partial charge in [-0.2, -0.15) is 0 Å². The van der Waals surface area contributed by atoms with Crippen LogP contribution in [-0.2, 0) is 22.6 Å². The van der Waals surface area contributed by atoms with E-state index in [0.717, 1.165) is 16.8 Å². The molecule has 0 aliphatic carbocycles. The maximum absolute atomic E-state index is 12.3. The zero-order valence-electron chi connectivity index (χ0n) is 14.0. The Morgan fingerprint density at radius 2 is 1.79 bits per heavy atom. The van der Waals surface area contributed by atoms with Gasteiger partial charge in [-0.1, -0.05) is 24.3 Å². The number of benzene rings is 2. The number of anilines is 1. The Labute approximate surface area is 142 Å². The van der Waals surface area contributed by atoms with Gasteiger partial charge in [0.2, 0.25) is 0 Å². The molecule has 0 saturated carbocycles. The van der Waals surface area contributed by atoms with Crippen molar-refractivity contribution in [1.29, 1.82) is 0 Å². The number of hydrogen-bond donors (Lipinski definition) is 2. The number of nitrogens with one attached hydrogen (secondary N) is 1. The molecule has 2 aromatic rings. The quantitative estimate of drug-likeness (QED) is 0.694. The zero-order chi connectivity index (χ0) is 17.2. The highest BCUT2D eigenvalue weighted by Gasteiger charge is 2.06. The van der Waals surface area contributed by atoms with E-state index in [1.807, 2.05) is 43.3 Å². The summed E-state index contributed by atoms with van der Waals surface area (Å²) in [6, 6.07) is 14.9. The number of ether oxygens (including phenoxy) is 2. The molecule has 0 fully saturated rings. The van der Waals surface area contributed by atoms with Crippen LogP contribution in [0.3, 0.4) is 0 Å². The van der Waals surface area contributed by atoms with E-state index >= 15 is 0 Å². The van der Waals surface area contributed by atoms with E-state index in [4.69, 9.17) is 15.2 Å². The van der Waals surface area contributed by atoms with Gasteiger partial charge in [-0.15, -0.1) is 0 Å². The molecule has 3 N–H and O–H groups in total. The van der Waals surface area contributed by atoms with Crippen molar-refractivity contribution in [3.05, 3.63) is 65.2 Å². The van der Waals surface area contributed by atoms with Gasteiger partial charge in [0.05, 0.1) is 19.8 Å². The molecule has 2 rings (SSSR count). The molecule has 5 nitrogen and oxygen atoms in total. The Bertz CT molecular complexity index is 641. The summed E-state index contributed by atoms with van der Waals surface area (Å²) in [6.45, 7) is 4.74. The second kappa shape index (κ2) is 9.82. The first kappa shape index (κ1) is 18.1. The van der Waals surface area contributed by atoms with Crippen LogP contribution in [0.25, 0.3) is 0 Å². The summed E-state index contributed by atoms with van der Waals surface area (Å²) in [7, 11) is 0. The second-order valence-electron chi connectivity index (χ2n) is 5.31. The highest BCUT2D eigenvalue weighted by Crippen LogP contribution is 2.13. The van der Waals surface area contributed by atoms with Crippen molar-refractivity contribution in [2.75, 3.05) is 25.1 Å². The molecule has 0 spiro atoms. The average molecular weight is 328 g/mol. The minimum atomic E-state index is -0.145. The van der Waals surface area contributed by atoms with Crippen LogP contribution in [0.15, 0.2) is 48.5 Å². The number of amides is 1. The average Bonchev–Trinajstić information content (AvgIpc) is 2.62. The van der Waals surface area contributed by atoms with E-state index in [-0.39, 0.29) is 5.91 Å². The standard InChI is InChI=1S/C19H24N2O3/c1-2-23-10-11-24-14-16-4-3-5-18(12-16)21-19(22)17-8-6-15(13-20)7-9-17/h3-9,12H,2,10-11,13-14,20H2,1H3,(H,21,22). The van der Waals surface area contributed by atoms with Crippen LogP contribution in [0, 0.1) is 0 Å². The van der Waals surface area contributed by atoms with E-state index in [1.165, 1.54) is 0 Å². The van der Waals surface area contributed by atoms with Crippen molar-refractivity contribution in [2.24, 2.45) is 5.73 Å². The third kappa shape index (κ3) is 5.77. The van der Waals surface area contributed by atoms with E-state index < -0.39 is 0 Å². The molecule has 5 heteroatoms. The highest BCUT2D eigenvalue weighted by molar-refractivity contribution is 6.04. The smallest absolute Gasteiger partial charge is 0.255 e. The van der Waals surface area contributed by atoms with Crippen molar-refractivity contribution in [2.45, 2.75) is 20.1 Å². The molecule has 24 heavy (non-hydrogen) atoms. The van der Waals surface area contributed by atoms with Crippen molar-refractivity contribution in [3.8, 4) is 0 Å². The summed E-state index contributed by atoms with van der Waals surface area (Å²) in [5.74, 6) is -0.145. The van der Waals surface area contributed by atoms with Crippen LogP contribution in [0.1, 0.15) is 28.4 Å². The summed E-state index contributed by atoms with van der Waals surface area (Å²) in [4.78, 5) is 12.3. The van der Waals surface area contributed by atoms with Crippen molar-refractivity contribution >= 4 is 11.6 Å². The van der Waals surface area contributed by atoms with Gasteiger partial charge >= 0.3 is 0 Å². The fourth-order valence-corrected chi connectivity index (χ4v) is 2.19. The molecule has 0 heterocycles. The zero-order valence-corrected chi connectivity index (χ0v) is 14.0. The van der Waals surface area contributed by atoms with Gasteiger partial charge in [0, 0.05) is 24.4 Å². The van der Waals surface area contributed by atoms with E-state index in [0.29, 0.717) is 38.5 Å². The lowest BCUT2D eigenvalue weighted by molar-refractivity contribution is 0.0453. The molecule has 0 aliphatic rings. The summed E-state index contributed by atoms with van der Waals surface area (Å²) in [6.07, 6.45) is 0. The van der Waals surface area contributed by atoms with Crippen molar-refractivity contribution in [3.63, 3.8) is 0 Å². The first-order valence-electron chi connectivity index (χ1n) is 8.07. The maximum Gasteiger partial charge on any atom is 0.255 e. The summed E-state index contributed by atoms with van der Waals surface area (Å²) in [5.41, 5.74) is 8.91. The number of nitrogens with two attached hydrogens (primary N) is 1. The minimum Gasteiger partial charge on any atom is -0.379 e. The normalized spacial score (nSPS) is 10.6. The molecule has 0 saturated heterocycles. The number of hydrogen-bond acceptors (Lipinski definition) is 4. The number of rotatable bonds is 9. The fraction of sp³-hybridized carbons (Fsp3) is 0.316. The largest absolute Gasteiger partial charge is 0.379 e. The maximum atomic E-state index is 12.3. The topological polar surface area (TPSA) is 73.6 Å². The highest BCUT2D eigenvalue weighted by atomic mass is 16.5. The van der Waals surface area contributed by atoms with Crippen molar-refractivity contribution < 1.29 is 14.3 Å². The lowest BCUT2D eigenvalue weighted by Gasteiger charge is -2.09. The summed E-state index contributed by atoms with van der Waals surface area (Å²) in [5, 5.41) is 2.90. The SMILES string of the molecule is CCOCCOCc1cccc(NC(=O)c2ccc(CN)cc2)c1. The predicted octanol–water partition coefficient (Wildman–Crippen LogP) is 2.95. The first-order chi connectivity index (χ1) is 11.7. The molecular weight excluding hydrogens is 304 g/mol. The molecule has 0 bridgehead atoms. The number of carbonyl (C=O) groups excluding carboxylic acids is 1. The number of carbonyl (C=O) groups is 1. The van der Waals surface area contributed by atoms with E-state index in [1.54, 1.807) is 12.1 Å². The second-order valence-corrected chi connectivity index (χ2v) is 5.31. The van der Waals surface area contributed by atoms with Crippen LogP contribution in [-0.4, -0.2) is 25.7 Å². The Morgan fingerprint density at radius 1 is 1.04 bits per heavy atom. The van der Waals surface area contributed by atoms with Crippen LogP contribution in [0.4, 0.5) is 5.69 Å². The fourth-order valence-electron chi connectivity index (χ4n) is 2.19. The van der Waals surface area contributed by atoms with Gasteiger partial charge < -0.3 is 20.5 Å².